The first kappa shape index (κ1) is 38.2. The molecule has 1 aliphatic carbocycles. The van der Waals surface area contributed by atoms with E-state index in [0.717, 1.165) is 12.8 Å². The molecule has 0 spiro atoms. The van der Waals surface area contributed by atoms with Crippen molar-refractivity contribution in [3.8, 4) is 0 Å². The van der Waals surface area contributed by atoms with Crippen LogP contribution in [-0.4, -0.2) is 18.6 Å². The fraction of sp³-hybridized carbons (Fsp3) is 0.781. The molecule has 3 nitrogen and oxygen atoms in total. The summed E-state index contributed by atoms with van der Waals surface area (Å²) in [5, 5.41) is 0. The number of ether oxygens (including phenoxy) is 1. The fourth-order valence-corrected chi connectivity index (χ4v) is 3.57. The Kier molecular flexibility index (Phi) is 28.1. The van der Waals surface area contributed by atoms with Crippen LogP contribution in [0.15, 0.2) is 35.5 Å². The lowest BCUT2D eigenvalue weighted by Crippen LogP contribution is -2.21. The van der Waals surface area contributed by atoms with E-state index in [0.29, 0.717) is 23.3 Å². The Morgan fingerprint density at radius 3 is 1.77 bits per heavy atom. The highest BCUT2D eigenvalue weighted by molar-refractivity contribution is 5.88. The first-order chi connectivity index (χ1) is 16.6. The van der Waals surface area contributed by atoms with Gasteiger partial charge in [0.2, 0.25) is 0 Å². The minimum atomic E-state index is -0.361. The number of hydrogen-bond acceptors (Lipinski definition) is 3. The molecule has 0 aliphatic heterocycles. The quantitative estimate of drug-likeness (QED) is 0.217. The summed E-state index contributed by atoms with van der Waals surface area (Å²) in [5.41, 5.74) is 8.97. The van der Waals surface area contributed by atoms with Crippen LogP contribution in [0.1, 0.15) is 134 Å². The summed E-state index contributed by atoms with van der Waals surface area (Å²) in [4.78, 5) is 11.7. The van der Waals surface area contributed by atoms with E-state index in [-0.39, 0.29) is 18.6 Å². The molecule has 4 unspecified atom stereocenters. The first-order valence-electron chi connectivity index (χ1n) is 14.6. The molecule has 0 saturated carbocycles. The lowest BCUT2D eigenvalue weighted by Gasteiger charge is -2.25. The molecule has 0 heterocycles. The predicted octanol–water partition coefficient (Wildman–Crippen LogP) is 9.82. The third-order valence-electron chi connectivity index (χ3n) is 6.25. The van der Waals surface area contributed by atoms with Crippen LogP contribution in [0.4, 0.5) is 0 Å². The molecule has 0 amide bonds. The molecule has 0 aromatic rings. The van der Waals surface area contributed by atoms with Gasteiger partial charge in [0.25, 0.3) is 0 Å². The summed E-state index contributed by atoms with van der Waals surface area (Å²) in [7, 11) is 0. The maximum atomic E-state index is 11.7. The van der Waals surface area contributed by atoms with E-state index in [4.69, 9.17) is 10.5 Å². The Balaban J connectivity index is -0.00000113. The molecule has 1 aliphatic rings. The molecule has 4 atom stereocenters. The summed E-state index contributed by atoms with van der Waals surface area (Å²) < 4.78 is 5.40. The van der Waals surface area contributed by atoms with Crippen LogP contribution in [0.25, 0.3) is 0 Å². The van der Waals surface area contributed by atoms with Crippen molar-refractivity contribution in [1.82, 2.24) is 0 Å². The third kappa shape index (κ3) is 20.5. The standard InChI is InChI=1S/C24H41NO2.2C3H8.C2H6/c1-7-22-12-14-23(15-13-22)19(4)9-8-17(2)18(3)10-11-21(6)27-24(26)20(5)16-25;2*1-3-2;1-2/h12,14,17-19,21H,5,7-11,13,15-16,25H2,1-4,6H3;2*3H2,1-2H3;1-2H3. The second-order valence-corrected chi connectivity index (χ2v) is 9.87. The van der Waals surface area contributed by atoms with Crippen LogP contribution in [0, 0.1) is 17.8 Å². The number of carbonyl (C=O) groups excluding carboxylic acids is 1. The van der Waals surface area contributed by atoms with Crippen molar-refractivity contribution in [2.24, 2.45) is 23.5 Å². The van der Waals surface area contributed by atoms with E-state index < -0.39 is 0 Å². The zero-order valence-corrected chi connectivity index (χ0v) is 25.6. The highest BCUT2D eigenvalue weighted by atomic mass is 16.5. The molecule has 0 aromatic heterocycles. The van der Waals surface area contributed by atoms with Gasteiger partial charge in [-0.1, -0.05) is 112 Å². The molecule has 0 saturated heterocycles. The lowest BCUT2D eigenvalue weighted by molar-refractivity contribution is -0.143. The second kappa shape index (κ2) is 25.7. The van der Waals surface area contributed by atoms with Crippen LogP contribution in [0.2, 0.25) is 0 Å². The van der Waals surface area contributed by atoms with Gasteiger partial charge in [-0.15, -0.1) is 0 Å². The minimum absolute atomic E-state index is 0.0821. The van der Waals surface area contributed by atoms with Crippen LogP contribution in [0.3, 0.4) is 0 Å². The Morgan fingerprint density at radius 1 is 0.886 bits per heavy atom. The zero-order chi connectivity index (χ0) is 27.8. The summed E-state index contributed by atoms with van der Waals surface area (Å²) in [6.07, 6.45) is 15.3. The maximum Gasteiger partial charge on any atom is 0.334 e. The Morgan fingerprint density at radius 2 is 1.37 bits per heavy atom. The van der Waals surface area contributed by atoms with Crippen molar-refractivity contribution in [1.29, 1.82) is 0 Å². The van der Waals surface area contributed by atoms with E-state index in [1.54, 1.807) is 11.1 Å². The van der Waals surface area contributed by atoms with Gasteiger partial charge in [-0.2, -0.15) is 0 Å². The van der Waals surface area contributed by atoms with Crippen LogP contribution in [0.5, 0.6) is 0 Å². The smallest absolute Gasteiger partial charge is 0.334 e. The summed E-state index contributed by atoms with van der Waals surface area (Å²) in [6, 6.07) is 0. The summed E-state index contributed by atoms with van der Waals surface area (Å²) >= 11 is 0. The number of carbonyl (C=O) groups is 1. The van der Waals surface area contributed by atoms with Gasteiger partial charge in [0.15, 0.2) is 0 Å². The molecular weight excluding hydrogens is 430 g/mol. The minimum Gasteiger partial charge on any atom is -0.459 e. The van der Waals surface area contributed by atoms with Gasteiger partial charge in [0, 0.05) is 12.1 Å². The monoisotopic (exact) mass is 493 g/mol. The first-order valence-corrected chi connectivity index (χ1v) is 14.6. The number of rotatable bonds is 12. The average Bonchev–Trinajstić information content (AvgIpc) is 2.87. The second-order valence-electron chi connectivity index (χ2n) is 9.87. The van der Waals surface area contributed by atoms with E-state index >= 15 is 0 Å². The number of nitrogens with two attached hydrogens (primary N) is 1. The molecule has 35 heavy (non-hydrogen) atoms. The van der Waals surface area contributed by atoms with Crippen LogP contribution in [-0.2, 0) is 9.53 Å². The van der Waals surface area contributed by atoms with Gasteiger partial charge in [0.1, 0.15) is 0 Å². The van der Waals surface area contributed by atoms with E-state index in [2.05, 4.69) is 74.1 Å². The number of esters is 1. The Hall–Kier alpha value is -1.35. The van der Waals surface area contributed by atoms with Crippen LogP contribution >= 0.6 is 0 Å². The zero-order valence-electron chi connectivity index (χ0n) is 25.6. The van der Waals surface area contributed by atoms with E-state index in [1.807, 2.05) is 20.8 Å². The Labute approximate surface area is 221 Å². The summed E-state index contributed by atoms with van der Waals surface area (Å²) in [6.45, 7) is 27.5. The molecule has 0 fully saturated rings. The highest BCUT2D eigenvalue weighted by Crippen LogP contribution is 2.31. The van der Waals surface area contributed by atoms with E-state index in [9.17, 15) is 4.79 Å². The SMILES string of the molecule is C=C(CN)C(=O)OC(C)CCC(C)C(C)CCC(C)C1=CC=C(CC)CC1.CC.CCC.CCC. The van der Waals surface area contributed by atoms with Crippen molar-refractivity contribution in [3.05, 3.63) is 35.5 Å². The van der Waals surface area contributed by atoms with Crippen molar-refractivity contribution in [3.63, 3.8) is 0 Å². The normalized spacial score (nSPS) is 15.7. The largest absolute Gasteiger partial charge is 0.459 e. The van der Waals surface area contributed by atoms with Crippen molar-refractivity contribution < 1.29 is 9.53 Å². The molecule has 0 bridgehead atoms. The number of hydrogen-bond donors (Lipinski definition) is 1. The van der Waals surface area contributed by atoms with Crippen molar-refractivity contribution in [2.45, 2.75) is 140 Å². The van der Waals surface area contributed by atoms with Gasteiger partial charge < -0.3 is 10.5 Å². The van der Waals surface area contributed by atoms with Crippen molar-refractivity contribution in [2.75, 3.05) is 6.54 Å². The molecule has 1 rings (SSSR count). The van der Waals surface area contributed by atoms with Crippen LogP contribution < -0.4 is 5.73 Å². The molecule has 3 heteroatoms. The molecular formula is C32H63NO2. The lowest BCUT2D eigenvalue weighted by atomic mass is 9.82. The molecule has 208 valence electrons. The van der Waals surface area contributed by atoms with Gasteiger partial charge in [-0.25, -0.2) is 4.79 Å². The topological polar surface area (TPSA) is 52.3 Å². The van der Waals surface area contributed by atoms with Gasteiger partial charge in [-0.05, 0) is 69.6 Å². The maximum absolute atomic E-state index is 11.7. The Bertz CT molecular complexity index is 574. The van der Waals surface area contributed by atoms with Crippen molar-refractivity contribution >= 4 is 5.97 Å². The predicted molar refractivity (Wildman–Crippen MR) is 159 cm³/mol. The van der Waals surface area contributed by atoms with Gasteiger partial charge in [-0.3, -0.25) is 0 Å². The fourth-order valence-electron chi connectivity index (χ4n) is 3.57. The van der Waals surface area contributed by atoms with Gasteiger partial charge >= 0.3 is 5.97 Å². The van der Waals surface area contributed by atoms with E-state index in [1.165, 1.54) is 44.9 Å². The summed E-state index contributed by atoms with van der Waals surface area (Å²) in [5.74, 6) is 1.63. The molecule has 0 radical (unpaired) electrons. The average molecular weight is 494 g/mol. The molecule has 0 aromatic carbocycles. The van der Waals surface area contributed by atoms with Gasteiger partial charge in [0.05, 0.1) is 6.10 Å². The number of allylic oxidation sites excluding steroid dienone is 4. The molecule has 2 N–H and O–H groups in total. The third-order valence-corrected chi connectivity index (χ3v) is 6.25. The highest BCUT2D eigenvalue weighted by Gasteiger charge is 2.19.